The van der Waals surface area contributed by atoms with E-state index in [0.717, 1.165) is 29.8 Å². The van der Waals surface area contributed by atoms with Gasteiger partial charge in [0.2, 0.25) is 0 Å². The third-order valence-corrected chi connectivity index (χ3v) is 4.12. The van der Waals surface area contributed by atoms with E-state index in [1.54, 1.807) is 0 Å². The van der Waals surface area contributed by atoms with Crippen molar-refractivity contribution >= 4 is 16.5 Å². The van der Waals surface area contributed by atoms with Gasteiger partial charge in [-0.25, -0.2) is 0 Å². The first-order chi connectivity index (χ1) is 10.2. The van der Waals surface area contributed by atoms with Crippen molar-refractivity contribution in [1.29, 1.82) is 0 Å². The van der Waals surface area contributed by atoms with Crippen LogP contribution in [-0.2, 0) is 0 Å². The van der Waals surface area contributed by atoms with Crippen molar-refractivity contribution in [3.8, 4) is 11.3 Å². The Bertz CT molecular complexity index is 749. The van der Waals surface area contributed by atoms with Crippen LogP contribution < -0.4 is 5.73 Å². The molecule has 1 heterocycles. The topological polar surface area (TPSA) is 43.8 Å². The summed E-state index contributed by atoms with van der Waals surface area (Å²) >= 11 is 0. The van der Waals surface area contributed by atoms with Crippen LogP contribution >= 0.6 is 0 Å². The molecule has 3 heteroatoms. The lowest BCUT2D eigenvalue weighted by molar-refractivity contribution is 0.429. The van der Waals surface area contributed by atoms with Crippen molar-refractivity contribution in [2.45, 2.75) is 32.7 Å². The van der Waals surface area contributed by atoms with Crippen molar-refractivity contribution in [3.05, 3.63) is 48.7 Å². The van der Waals surface area contributed by atoms with Gasteiger partial charge in [0.15, 0.2) is 0 Å². The molecule has 0 atom stereocenters. The van der Waals surface area contributed by atoms with Gasteiger partial charge in [0, 0.05) is 11.8 Å². The van der Waals surface area contributed by atoms with Crippen LogP contribution in [0.1, 0.15) is 32.7 Å². The van der Waals surface area contributed by atoms with Gasteiger partial charge in [0.05, 0.1) is 11.7 Å². The van der Waals surface area contributed by atoms with Gasteiger partial charge < -0.3 is 5.73 Å². The molecule has 0 unspecified atom stereocenters. The molecular formula is C18H21N3. The predicted octanol–water partition coefficient (Wildman–Crippen LogP) is 4.65. The SMILES string of the molecule is CCC(CC)n1cc(N)c(-c2cccc3ccccc23)n1. The van der Waals surface area contributed by atoms with Crippen molar-refractivity contribution in [1.82, 2.24) is 9.78 Å². The number of nitrogens with zero attached hydrogens (tertiary/aromatic N) is 2. The zero-order valence-electron chi connectivity index (χ0n) is 12.6. The fraction of sp³-hybridized carbons (Fsp3) is 0.278. The molecule has 0 aliphatic rings. The van der Waals surface area contributed by atoms with E-state index >= 15 is 0 Å². The molecule has 3 nitrogen and oxygen atoms in total. The standard InChI is InChI=1S/C18H21N3/c1-3-14(4-2)21-12-17(19)18(20-21)16-11-7-9-13-8-5-6-10-15(13)16/h5-12,14H,3-4,19H2,1-2H3. The fourth-order valence-corrected chi connectivity index (χ4v) is 2.90. The molecule has 108 valence electrons. The second-order valence-corrected chi connectivity index (χ2v) is 5.41. The lowest BCUT2D eigenvalue weighted by Crippen LogP contribution is -2.07. The molecule has 1 aromatic heterocycles. The second kappa shape index (κ2) is 5.60. The average Bonchev–Trinajstić information content (AvgIpc) is 2.89. The molecule has 0 aliphatic heterocycles. The summed E-state index contributed by atoms with van der Waals surface area (Å²) < 4.78 is 2.02. The molecule has 2 N–H and O–H groups in total. The summed E-state index contributed by atoms with van der Waals surface area (Å²) in [6.45, 7) is 4.37. The molecule has 0 saturated heterocycles. The van der Waals surface area contributed by atoms with Gasteiger partial charge in [-0.05, 0) is 23.6 Å². The number of nitrogen functional groups attached to an aromatic ring is 1. The normalized spacial score (nSPS) is 11.4. The third-order valence-electron chi connectivity index (χ3n) is 4.12. The molecule has 0 bridgehead atoms. The van der Waals surface area contributed by atoms with E-state index in [2.05, 4.69) is 56.3 Å². The van der Waals surface area contributed by atoms with E-state index in [1.165, 1.54) is 10.8 Å². The summed E-state index contributed by atoms with van der Waals surface area (Å²) in [5, 5.41) is 7.17. The van der Waals surface area contributed by atoms with Gasteiger partial charge in [0.1, 0.15) is 5.69 Å². The first kappa shape index (κ1) is 13.7. The van der Waals surface area contributed by atoms with Crippen LogP contribution in [0.3, 0.4) is 0 Å². The summed E-state index contributed by atoms with van der Waals surface area (Å²) in [5.74, 6) is 0. The first-order valence-corrected chi connectivity index (χ1v) is 7.57. The van der Waals surface area contributed by atoms with Gasteiger partial charge in [-0.1, -0.05) is 56.3 Å². The van der Waals surface area contributed by atoms with Crippen molar-refractivity contribution < 1.29 is 0 Å². The number of benzene rings is 2. The van der Waals surface area contributed by atoms with E-state index in [1.807, 2.05) is 10.9 Å². The monoisotopic (exact) mass is 279 g/mol. The Kier molecular flexibility index (Phi) is 3.65. The molecule has 0 amide bonds. The van der Waals surface area contributed by atoms with Crippen LogP contribution in [0.4, 0.5) is 5.69 Å². The maximum Gasteiger partial charge on any atom is 0.116 e. The van der Waals surface area contributed by atoms with Gasteiger partial charge >= 0.3 is 0 Å². The molecule has 0 fully saturated rings. The lowest BCUT2D eigenvalue weighted by atomic mass is 10.0. The number of anilines is 1. The van der Waals surface area contributed by atoms with Gasteiger partial charge in [0.25, 0.3) is 0 Å². The summed E-state index contributed by atoms with van der Waals surface area (Å²) in [6.07, 6.45) is 4.09. The number of fused-ring (bicyclic) bond motifs is 1. The Labute approximate surface area is 125 Å². The number of nitrogens with two attached hydrogens (primary N) is 1. The van der Waals surface area contributed by atoms with E-state index < -0.39 is 0 Å². The number of aromatic nitrogens is 2. The third kappa shape index (κ3) is 2.40. The Morgan fingerprint density at radius 2 is 1.76 bits per heavy atom. The molecular weight excluding hydrogens is 258 g/mol. The minimum Gasteiger partial charge on any atom is -0.396 e. The minimum absolute atomic E-state index is 0.413. The lowest BCUT2D eigenvalue weighted by Gasteiger charge is -2.12. The van der Waals surface area contributed by atoms with Crippen LogP contribution in [0.2, 0.25) is 0 Å². The smallest absolute Gasteiger partial charge is 0.116 e. The summed E-state index contributed by atoms with van der Waals surface area (Å²) in [5.41, 5.74) is 8.97. The number of hydrogen-bond donors (Lipinski definition) is 1. The van der Waals surface area contributed by atoms with Crippen LogP contribution in [0.25, 0.3) is 22.0 Å². The van der Waals surface area contributed by atoms with Crippen LogP contribution in [0.15, 0.2) is 48.7 Å². The van der Waals surface area contributed by atoms with Gasteiger partial charge in [-0.15, -0.1) is 0 Å². The Morgan fingerprint density at radius 1 is 1.05 bits per heavy atom. The molecule has 21 heavy (non-hydrogen) atoms. The molecule has 0 spiro atoms. The fourth-order valence-electron chi connectivity index (χ4n) is 2.90. The predicted molar refractivity (Wildman–Crippen MR) is 89.2 cm³/mol. The van der Waals surface area contributed by atoms with Gasteiger partial charge in [-0.3, -0.25) is 4.68 Å². The molecule has 0 radical (unpaired) electrons. The highest BCUT2D eigenvalue weighted by molar-refractivity contribution is 5.97. The average molecular weight is 279 g/mol. The van der Waals surface area contributed by atoms with E-state index in [4.69, 9.17) is 10.8 Å². The Morgan fingerprint density at radius 3 is 2.52 bits per heavy atom. The maximum absolute atomic E-state index is 6.23. The van der Waals surface area contributed by atoms with Gasteiger partial charge in [-0.2, -0.15) is 5.10 Å². The summed E-state index contributed by atoms with van der Waals surface area (Å²) in [4.78, 5) is 0. The zero-order valence-corrected chi connectivity index (χ0v) is 12.6. The van der Waals surface area contributed by atoms with E-state index in [9.17, 15) is 0 Å². The van der Waals surface area contributed by atoms with Crippen molar-refractivity contribution in [2.24, 2.45) is 0 Å². The maximum atomic E-state index is 6.23. The molecule has 2 aromatic carbocycles. The molecule has 3 aromatic rings. The van der Waals surface area contributed by atoms with Crippen LogP contribution in [-0.4, -0.2) is 9.78 Å². The van der Waals surface area contributed by atoms with E-state index in [-0.39, 0.29) is 0 Å². The Balaban J connectivity index is 2.15. The molecule has 3 rings (SSSR count). The quantitative estimate of drug-likeness (QED) is 0.755. The highest BCUT2D eigenvalue weighted by Crippen LogP contribution is 2.32. The van der Waals surface area contributed by atoms with Crippen molar-refractivity contribution in [2.75, 3.05) is 5.73 Å². The molecule has 0 saturated carbocycles. The van der Waals surface area contributed by atoms with Crippen LogP contribution in [0, 0.1) is 0 Å². The van der Waals surface area contributed by atoms with Crippen LogP contribution in [0.5, 0.6) is 0 Å². The molecule has 0 aliphatic carbocycles. The minimum atomic E-state index is 0.413. The second-order valence-electron chi connectivity index (χ2n) is 5.41. The highest BCUT2D eigenvalue weighted by Gasteiger charge is 2.14. The summed E-state index contributed by atoms with van der Waals surface area (Å²) in [6, 6.07) is 15.0. The number of hydrogen-bond acceptors (Lipinski definition) is 2. The Hall–Kier alpha value is -2.29. The first-order valence-electron chi connectivity index (χ1n) is 7.57. The highest BCUT2D eigenvalue weighted by atomic mass is 15.3. The zero-order chi connectivity index (χ0) is 14.8. The van der Waals surface area contributed by atoms with E-state index in [0.29, 0.717) is 6.04 Å². The number of rotatable bonds is 4. The largest absolute Gasteiger partial charge is 0.396 e. The summed E-state index contributed by atoms with van der Waals surface area (Å²) in [7, 11) is 0. The van der Waals surface area contributed by atoms with Crippen molar-refractivity contribution in [3.63, 3.8) is 0 Å².